The van der Waals surface area contributed by atoms with Crippen molar-refractivity contribution < 1.29 is 13.5 Å². The van der Waals surface area contributed by atoms with E-state index < -0.39 is 10.0 Å². The van der Waals surface area contributed by atoms with E-state index in [1.54, 1.807) is 0 Å². The number of para-hydroxylation sites is 2. The van der Waals surface area contributed by atoms with Crippen molar-refractivity contribution in [1.82, 2.24) is 0 Å². The average Bonchev–Trinajstić information content (AvgIpc) is 2.37. The first kappa shape index (κ1) is 13.2. The van der Waals surface area contributed by atoms with Gasteiger partial charge in [0.2, 0.25) is 10.0 Å². The Labute approximate surface area is 108 Å². The maximum Gasteiger partial charge on any atom is 0.235 e. The van der Waals surface area contributed by atoms with Gasteiger partial charge in [-0.3, -0.25) is 4.31 Å². The summed E-state index contributed by atoms with van der Waals surface area (Å²) in [4.78, 5) is 2.05. The van der Waals surface area contributed by atoms with E-state index in [0.29, 0.717) is 13.1 Å². The predicted molar refractivity (Wildman–Crippen MR) is 72.5 cm³/mol. The topological polar surface area (TPSA) is 60.9 Å². The number of benzene rings is 1. The lowest BCUT2D eigenvalue weighted by Gasteiger charge is -2.36. The molecule has 0 aromatic heterocycles. The summed E-state index contributed by atoms with van der Waals surface area (Å²) in [6.07, 6.45) is 0.275. The number of anilines is 2. The molecule has 0 spiro atoms. The highest BCUT2D eigenvalue weighted by molar-refractivity contribution is 7.92. The number of aliphatic hydroxyl groups is 1. The SMILES string of the molecule is CN1CCN(S(=O)(=O)CCCO)c2ccccc21. The van der Waals surface area contributed by atoms with E-state index in [9.17, 15) is 8.42 Å². The van der Waals surface area contributed by atoms with Gasteiger partial charge in [0.25, 0.3) is 0 Å². The zero-order chi connectivity index (χ0) is 13.2. The Bertz CT molecular complexity index is 516. The van der Waals surface area contributed by atoms with Crippen LogP contribution >= 0.6 is 0 Å². The van der Waals surface area contributed by atoms with Crippen molar-refractivity contribution in [2.24, 2.45) is 0 Å². The van der Waals surface area contributed by atoms with E-state index in [1.165, 1.54) is 4.31 Å². The van der Waals surface area contributed by atoms with E-state index in [4.69, 9.17) is 5.11 Å². The van der Waals surface area contributed by atoms with Crippen molar-refractivity contribution in [1.29, 1.82) is 0 Å². The first-order valence-electron chi connectivity index (χ1n) is 5.98. The fourth-order valence-electron chi connectivity index (χ4n) is 2.13. The predicted octanol–water partition coefficient (Wildman–Crippen LogP) is 0.655. The number of likely N-dealkylation sites (N-methyl/N-ethyl adjacent to an activating group) is 1. The van der Waals surface area contributed by atoms with Crippen LogP contribution in [0.15, 0.2) is 24.3 Å². The van der Waals surface area contributed by atoms with Gasteiger partial charge in [-0.2, -0.15) is 0 Å². The van der Waals surface area contributed by atoms with Gasteiger partial charge in [-0.1, -0.05) is 12.1 Å². The minimum absolute atomic E-state index is 0.0124. The van der Waals surface area contributed by atoms with Crippen LogP contribution in [0.1, 0.15) is 6.42 Å². The van der Waals surface area contributed by atoms with Crippen LogP contribution in [0.2, 0.25) is 0 Å². The monoisotopic (exact) mass is 270 g/mol. The Morgan fingerprint density at radius 3 is 2.56 bits per heavy atom. The molecule has 0 bridgehead atoms. The number of fused-ring (bicyclic) bond motifs is 1. The summed E-state index contributed by atoms with van der Waals surface area (Å²) < 4.78 is 25.9. The lowest BCUT2D eigenvalue weighted by Crippen LogP contribution is -2.43. The molecule has 6 heteroatoms. The van der Waals surface area contributed by atoms with Crippen LogP contribution in [0.25, 0.3) is 0 Å². The largest absolute Gasteiger partial charge is 0.396 e. The summed E-state index contributed by atoms with van der Waals surface area (Å²) >= 11 is 0. The van der Waals surface area contributed by atoms with Gasteiger partial charge >= 0.3 is 0 Å². The summed E-state index contributed by atoms with van der Waals surface area (Å²) in [5.41, 5.74) is 1.65. The molecular formula is C12H18N2O3S. The van der Waals surface area contributed by atoms with Crippen molar-refractivity contribution >= 4 is 21.4 Å². The van der Waals surface area contributed by atoms with Crippen molar-refractivity contribution in [3.63, 3.8) is 0 Å². The number of aliphatic hydroxyl groups excluding tert-OH is 1. The normalized spacial score (nSPS) is 15.7. The molecule has 100 valence electrons. The minimum atomic E-state index is -3.34. The van der Waals surface area contributed by atoms with Crippen LogP contribution in [-0.2, 0) is 10.0 Å². The molecule has 1 N–H and O–H groups in total. The van der Waals surface area contributed by atoms with E-state index in [0.717, 1.165) is 11.4 Å². The van der Waals surface area contributed by atoms with E-state index in [-0.39, 0.29) is 18.8 Å². The zero-order valence-corrected chi connectivity index (χ0v) is 11.2. The fraction of sp³-hybridized carbons (Fsp3) is 0.500. The summed E-state index contributed by atoms with van der Waals surface area (Å²) in [5, 5.41) is 8.77. The van der Waals surface area contributed by atoms with Crippen molar-refractivity contribution in [2.75, 3.05) is 41.7 Å². The van der Waals surface area contributed by atoms with E-state index in [2.05, 4.69) is 0 Å². The number of rotatable bonds is 4. The van der Waals surface area contributed by atoms with Crippen molar-refractivity contribution in [2.45, 2.75) is 6.42 Å². The van der Waals surface area contributed by atoms with E-state index >= 15 is 0 Å². The third-order valence-electron chi connectivity index (χ3n) is 3.10. The maximum absolute atomic E-state index is 12.2. The molecule has 1 aliphatic rings. The van der Waals surface area contributed by atoms with Gasteiger partial charge in [-0.15, -0.1) is 0 Å². The maximum atomic E-state index is 12.2. The molecule has 0 unspecified atom stereocenters. The Hall–Kier alpha value is -1.27. The van der Waals surface area contributed by atoms with Gasteiger partial charge in [-0.25, -0.2) is 8.42 Å². The van der Waals surface area contributed by atoms with Gasteiger partial charge in [-0.05, 0) is 18.6 Å². The smallest absolute Gasteiger partial charge is 0.235 e. The Morgan fingerprint density at radius 1 is 1.22 bits per heavy atom. The number of hydrogen-bond donors (Lipinski definition) is 1. The van der Waals surface area contributed by atoms with Gasteiger partial charge in [0.15, 0.2) is 0 Å². The van der Waals surface area contributed by atoms with Crippen LogP contribution < -0.4 is 9.21 Å². The lowest BCUT2D eigenvalue weighted by molar-refractivity contribution is 0.295. The molecule has 0 saturated carbocycles. The van der Waals surface area contributed by atoms with Gasteiger partial charge in [0.05, 0.1) is 23.7 Å². The summed E-state index contributed by atoms with van der Waals surface area (Å²) in [6.45, 7) is 1.03. The lowest BCUT2D eigenvalue weighted by atomic mass is 10.2. The molecule has 0 radical (unpaired) electrons. The number of nitrogens with zero attached hydrogens (tertiary/aromatic N) is 2. The molecule has 2 rings (SSSR count). The molecular weight excluding hydrogens is 252 g/mol. The van der Waals surface area contributed by atoms with Crippen LogP contribution in [0.5, 0.6) is 0 Å². The molecule has 1 heterocycles. The average molecular weight is 270 g/mol. The molecule has 0 atom stereocenters. The van der Waals surface area contributed by atoms with Gasteiger partial charge in [0, 0.05) is 20.2 Å². The zero-order valence-electron chi connectivity index (χ0n) is 10.4. The van der Waals surface area contributed by atoms with Crippen LogP contribution in [0.4, 0.5) is 11.4 Å². The van der Waals surface area contributed by atoms with Crippen LogP contribution in [0, 0.1) is 0 Å². The molecule has 1 aromatic rings. The Kier molecular flexibility index (Phi) is 3.77. The van der Waals surface area contributed by atoms with Crippen LogP contribution in [-0.4, -0.2) is 46.0 Å². The highest BCUT2D eigenvalue weighted by Gasteiger charge is 2.28. The van der Waals surface area contributed by atoms with Crippen molar-refractivity contribution in [3.8, 4) is 0 Å². The molecule has 0 fully saturated rings. The molecule has 1 aromatic carbocycles. The highest BCUT2D eigenvalue weighted by atomic mass is 32.2. The number of sulfonamides is 1. The second kappa shape index (κ2) is 5.16. The second-order valence-corrected chi connectivity index (χ2v) is 6.39. The third kappa shape index (κ3) is 2.44. The fourth-order valence-corrected chi connectivity index (χ4v) is 3.65. The Balaban J connectivity index is 2.34. The molecule has 0 saturated heterocycles. The van der Waals surface area contributed by atoms with Crippen LogP contribution in [0.3, 0.4) is 0 Å². The quantitative estimate of drug-likeness (QED) is 0.873. The van der Waals surface area contributed by atoms with E-state index in [1.807, 2.05) is 36.2 Å². The molecule has 0 amide bonds. The molecule has 18 heavy (non-hydrogen) atoms. The summed E-state index contributed by atoms with van der Waals surface area (Å²) in [5.74, 6) is -0.0124. The van der Waals surface area contributed by atoms with Crippen molar-refractivity contribution in [3.05, 3.63) is 24.3 Å². The molecule has 5 nitrogen and oxygen atoms in total. The van der Waals surface area contributed by atoms with Gasteiger partial charge < -0.3 is 10.0 Å². The molecule has 0 aliphatic carbocycles. The van der Waals surface area contributed by atoms with Gasteiger partial charge in [0.1, 0.15) is 0 Å². The summed E-state index contributed by atoms with van der Waals surface area (Å²) in [7, 11) is -1.38. The third-order valence-corrected chi connectivity index (χ3v) is 4.95. The number of hydrogen-bond acceptors (Lipinski definition) is 4. The second-order valence-electron chi connectivity index (χ2n) is 4.38. The minimum Gasteiger partial charge on any atom is -0.396 e. The first-order chi connectivity index (χ1) is 8.56. The first-order valence-corrected chi connectivity index (χ1v) is 7.58. The Morgan fingerprint density at radius 2 is 1.89 bits per heavy atom. The highest BCUT2D eigenvalue weighted by Crippen LogP contribution is 2.33. The standard InChI is InChI=1S/C12H18N2O3S/c1-13-7-8-14(18(16,17)10-4-9-15)12-6-3-2-5-11(12)13/h2-3,5-6,15H,4,7-10H2,1H3. The molecule has 1 aliphatic heterocycles. The summed E-state index contributed by atoms with van der Waals surface area (Å²) in [6, 6.07) is 7.48.